The number of carboxylic acid groups (broad SMARTS) is 1. The standard InChI is InChI=1S/C16H14Cl2N4O3S/c1-3-11(8-4-5-9(17)10(18)6-8)22-13(15(23)24)12(19-16(22)26)14-21-20-7(2)25-14/h4-6,11H,3H2,1-2H3,(H,19,26)(H,23,24). The number of benzene rings is 1. The molecule has 2 aromatic heterocycles. The molecule has 3 aromatic rings. The molecule has 0 aliphatic carbocycles. The van der Waals surface area contributed by atoms with E-state index in [-0.39, 0.29) is 28.1 Å². The van der Waals surface area contributed by atoms with E-state index in [4.69, 9.17) is 39.8 Å². The lowest BCUT2D eigenvalue weighted by Gasteiger charge is -2.19. The highest BCUT2D eigenvalue weighted by Gasteiger charge is 2.28. The smallest absolute Gasteiger partial charge is 0.355 e. The summed E-state index contributed by atoms with van der Waals surface area (Å²) < 4.78 is 7.12. The average Bonchev–Trinajstić information content (AvgIpc) is 3.15. The van der Waals surface area contributed by atoms with Crippen molar-refractivity contribution in [2.75, 3.05) is 0 Å². The Labute approximate surface area is 163 Å². The van der Waals surface area contributed by atoms with Gasteiger partial charge in [-0.1, -0.05) is 36.2 Å². The van der Waals surface area contributed by atoms with Crippen LogP contribution >= 0.6 is 35.4 Å². The van der Waals surface area contributed by atoms with Gasteiger partial charge >= 0.3 is 5.97 Å². The van der Waals surface area contributed by atoms with E-state index in [9.17, 15) is 9.90 Å². The second-order valence-electron chi connectivity index (χ2n) is 5.55. The van der Waals surface area contributed by atoms with Crippen LogP contribution in [0.3, 0.4) is 0 Å². The van der Waals surface area contributed by atoms with Gasteiger partial charge in [-0.05, 0) is 36.3 Å². The number of hydrogen-bond acceptors (Lipinski definition) is 5. The van der Waals surface area contributed by atoms with Crippen LogP contribution in [0.4, 0.5) is 0 Å². The predicted molar refractivity (Wildman–Crippen MR) is 99.5 cm³/mol. The van der Waals surface area contributed by atoms with Crippen LogP contribution in [0.15, 0.2) is 22.6 Å². The summed E-state index contributed by atoms with van der Waals surface area (Å²) in [5, 5.41) is 18.2. The molecular formula is C16H14Cl2N4O3S. The van der Waals surface area contributed by atoms with Gasteiger partial charge in [0.25, 0.3) is 5.89 Å². The molecule has 1 atom stereocenters. The number of rotatable bonds is 5. The minimum atomic E-state index is -1.17. The number of H-pyrrole nitrogens is 1. The van der Waals surface area contributed by atoms with Crippen molar-refractivity contribution in [2.24, 2.45) is 0 Å². The molecule has 7 nitrogen and oxygen atoms in total. The maximum Gasteiger partial charge on any atom is 0.355 e. The lowest BCUT2D eigenvalue weighted by atomic mass is 10.0. The number of hydrogen-bond donors (Lipinski definition) is 2. The minimum Gasteiger partial charge on any atom is -0.477 e. The van der Waals surface area contributed by atoms with Crippen LogP contribution in [0.1, 0.15) is 41.3 Å². The Bertz CT molecular complexity index is 1040. The molecule has 26 heavy (non-hydrogen) atoms. The highest BCUT2D eigenvalue weighted by molar-refractivity contribution is 7.71. The molecule has 0 saturated carbocycles. The Kier molecular flexibility index (Phi) is 5.17. The first-order valence-corrected chi connectivity index (χ1v) is 8.83. The third kappa shape index (κ3) is 3.27. The number of carboxylic acids is 1. The molecule has 136 valence electrons. The van der Waals surface area contributed by atoms with E-state index in [1.54, 1.807) is 25.1 Å². The normalized spacial score (nSPS) is 12.3. The van der Waals surface area contributed by atoms with E-state index >= 15 is 0 Å². The first kappa shape index (κ1) is 18.6. The summed E-state index contributed by atoms with van der Waals surface area (Å²) in [6.07, 6.45) is 0.576. The number of aromatic nitrogens is 4. The van der Waals surface area contributed by atoms with Gasteiger partial charge in [-0.3, -0.25) is 0 Å². The molecule has 0 saturated heterocycles. The van der Waals surface area contributed by atoms with E-state index in [2.05, 4.69) is 15.2 Å². The zero-order chi connectivity index (χ0) is 19.0. The minimum absolute atomic E-state index is 0.0587. The Morgan fingerprint density at radius 1 is 1.38 bits per heavy atom. The lowest BCUT2D eigenvalue weighted by molar-refractivity contribution is 0.0684. The largest absolute Gasteiger partial charge is 0.477 e. The summed E-state index contributed by atoms with van der Waals surface area (Å²) in [7, 11) is 0. The molecule has 0 spiro atoms. The van der Waals surface area contributed by atoms with Crippen LogP contribution in [0.25, 0.3) is 11.6 Å². The number of nitrogens with zero attached hydrogens (tertiary/aromatic N) is 3. The monoisotopic (exact) mass is 412 g/mol. The van der Waals surface area contributed by atoms with Gasteiger partial charge in [0.15, 0.2) is 10.5 Å². The molecule has 0 amide bonds. The second-order valence-corrected chi connectivity index (χ2v) is 6.75. The number of halogens is 2. The molecule has 0 aliphatic heterocycles. The lowest BCUT2D eigenvalue weighted by Crippen LogP contribution is -2.16. The van der Waals surface area contributed by atoms with Crippen molar-refractivity contribution >= 4 is 41.4 Å². The molecule has 2 heterocycles. The first-order valence-electron chi connectivity index (χ1n) is 7.66. The fourth-order valence-corrected chi connectivity index (χ4v) is 3.42. The molecule has 1 unspecified atom stereocenters. The van der Waals surface area contributed by atoms with Crippen LogP contribution in [0.5, 0.6) is 0 Å². The fraction of sp³-hybridized carbons (Fsp3) is 0.250. The Morgan fingerprint density at radius 3 is 2.65 bits per heavy atom. The molecule has 1 aromatic carbocycles. The summed E-state index contributed by atoms with van der Waals surface area (Å²) in [6, 6.07) is 4.80. The molecule has 0 fully saturated rings. The van der Waals surface area contributed by atoms with Gasteiger partial charge in [0.1, 0.15) is 5.69 Å². The van der Waals surface area contributed by atoms with Crippen LogP contribution in [0.2, 0.25) is 10.0 Å². The van der Waals surface area contributed by atoms with Gasteiger partial charge < -0.3 is 19.1 Å². The number of aryl methyl sites for hydroxylation is 1. The van der Waals surface area contributed by atoms with E-state index in [1.807, 2.05) is 6.92 Å². The molecular weight excluding hydrogens is 399 g/mol. The van der Waals surface area contributed by atoms with Crippen molar-refractivity contribution in [1.82, 2.24) is 19.7 Å². The third-order valence-electron chi connectivity index (χ3n) is 3.90. The summed E-state index contributed by atoms with van der Waals surface area (Å²) >= 11 is 17.5. The maximum atomic E-state index is 12.0. The highest BCUT2D eigenvalue weighted by Crippen LogP contribution is 2.32. The van der Waals surface area contributed by atoms with Crippen LogP contribution < -0.4 is 0 Å². The quantitative estimate of drug-likeness (QED) is 0.577. The zero-order valence-corrected chi connectivity index (χ0v) is 16.1. The van der Waals surface area contributed by atoms with E-state index in [0.717, 1.165) is 5.56 Å². The van der Waals surface area contributed by atoms with E-state index in [0.29, 0.717) is 22.4 Å². The van der Waals surface area contributed by atoms with Crippen molar-refractivity contribution in [1.29, 1.82) is 0 Å². The van der Waals surface area contributed by atoms with Gasteiger partial charge in [-0.25, -0.2) is 4.79 Å². The van der Waals surface area contributed by atoms with Crippen molar-refractivity contribution in [3.05, 3.63) is 50.2 Å². The predicted octanol–water partition coefficient (Wildman–Crippen LogP) is 4.91. The Balaban J connectivity index is 2.22. The fourth-order valence-electron chi connectivity index (χ4n) is 2.80. The van der Waals surface area contributed by atoms with Crippen molar-refractivity contribution in [3.63, 3.8) is 0 Å². The van der Waals surface area contributed by atoms with Crippen LogP contribution in [0, 0.1) is 11.7 Å². The van der Waals surface area contributed by atoms with Crippen molar-refractivity contribution < 1.29 is 14.3 Å². The first-order chi connectivity index (χ1) is 12.3. The van der Waals surface area contributed by atoms with Crippen LogP contribution in [-0.4, -0.2) is 30.8 Å². The second kappa shape index (κ2) is 7.22. The molecule has 0 radical (unpaired) electrons. The van der Waals surface area contributed by atoms with E-state index < -0.39 is 5.97 Å². The zero-order valence-electron chi connectivity index (χ0n) is 13.8. The topological polar surface area (TPSA) is 96.9 Å². The van der Waals surface area contributed by atoms with Gasteiger partial charge in [0, 0.05) is 6.92 Å². The molecule has 2 N–H and O–H groups in total. The van der Waals surface area contributed by atoms with Crippen molar-refractivity contribution in [3.8, 4) is 11.6 Å². The summed E-state index contributed by atoms with van der Waals surface area (Å²) in [4.78, 5) is 14.9. The number of aromatic carboxylic acids is 1. The summed E-state index contributed by atoms with van der Waals surface area (Å²) in [5.41, 5.74) is 0.894. The molecule has 10 heteroatoms. The average molecular weight is 413 g/mol. The maximum absolute atomic E-state index is 12.0. The summed E-state index contributed by atoms with van der Waals surface area (Å²) in [5.74, 6) is -0.782. The number of aromatic amines is 1. The number of carbonyl (C=O) groups is 1. The SMILES string of the molecule is CCC(c1ccc(Cl)c(Cl)c1)n1c(C(=O)O)c(-c2nnc(C)o2)[nH]c1=S. The highest BCUT2D eigenvalue weighted by atomic mass is 35.5. The third-order valence-corrected chi connectivity index (χ3v) is 4.94. The van der Waals surface area contributed by atoms with E-state index in [1.165, 1.54) is 4.57 Å². The number of imidazole rings is 1. The molecule has 0 aliphatic rings. The Hall–Kier alpha value is -2.16. The van der Waals surface area contributed by atoms with Crippen molar-refractivity contribution in [2.45, 2.75) is 26.3 Å². The molecule has 0 bridgehead atoms. The van der Waals surface area contributed by atoms with Gasteiger partial charge in [-0.15, -0.1) is 10.2 Å². The van der Waals surface area contributed by atoms with Gasteiger partial charge in [0.05, 0.1) is 16.1 Å². The van der Waals surface area contributed by atoms with Gasteiger partial charge in [-0.2, -0.15) is 0 Å². The number of nitrogens with one attached hydrogen (secondary N) is 1. The van der Waals surface area contributed by atoms with Crippen LogP contribution in [-0.2, 0) is 0 Å². The molecule has 3 rings (SSSR count). The summed E-state index contributed by atoms with van der Waals surface area (Å²) in [6.45, 7) is 3.54. The van der Waals surface area contributed by atoms with Gasteiger partial charge in [0.2, 0.25) is 5.89 Å². The Morgan fingerprint density at radius 2 is 2.12 bits per heavy atom.